The van der Waals surface area contributed by atoms with Crippen molar-refractivity contribution in [2.24, 2.45) is 0 Å². The Balaban J connectivity index is 2.68. The molecule has 0 fully saturated rings. The lowest BCUT2D eigenvalue weighted by Crippen LogP contribution is -2.18. The van der Waals surface area contributed by atoms with Gasteiger partial charge in [0, 0.05) is 26.0 Å². The number of nitriles is 1. The number of Topliss-reactive ketones (excluding diaryl/α,β-unsaturated/α-hetero) is 1. The summed E-state index contributed by atoms with van der Waals surface area (Å²) in [5.41, 5.74) is 2.28. The minimum absolute atomic E-state index is 0.149. The van der Waals surface area contributed by atoms with Gasteiger partial charge in [0.25, 0.3) is 0 Å². The maximum absolute atomic E-state index is 11.3. The van der Waals surface area contributed by atoms with E-state index in [0.29, 0.717) is 5.57 Å². The van der Waals surface area contributed by atoms with Crippen molar-refractivity contribution >= 4 is 5.78 Å². The Morgan fingerprint density at radius 3 is 2.94 bits per heavy atom. The maximum Gasteiger partial charge on any atom is 0.170 e. The van der Waals surface area contributed by atoms with Gasteiger partial charge >= 0.3 is 0 Å². The van der Waals surface area contributed by atoms with Gasteiger partial charge in [0.2, 0.25) is 0 Å². The van der Waals surface area contributed by atoms with Gasteiger partial charge in [-0.15, -0.1) is 0 Å². The zero-order chi connectivity index (χ0) is 13.4. The molecule has 18 heavy (non-hydrogen) atoms. The number of allylic oxidation sites excluding steroid dienone is 4. The van der Waals surface area contributed by atoms with Gasteiger partial charge in [0.05, 0.1) is 5.57 Å². The Morgan fingerprint density at radius 2 is 2.33 bits per heavy atom. The molecule has 0 bridgehead atoms. The number of carbonyl (C=O) groups excluding carboxylic acids is 1. The average molecular weight is 248 g/mol. The first-order valence-electron chi connectivity index (χ1n) is 6.26. The monoisotopic (exact) mass is 248 g/mol. The molecule has 0 saturated carbocycles. The van der Waals surface area contributed by atoms with Crippen molar-refractivity contribution in [2.45, 2.75) is 32.6 Å². The lowest BCUT2D eigenvalue weighted by molar-refractivity contribution is -0.113. The number of hydrogen-bond donors (Lipinski definition) is 1. The first-order chi connectivity index (χ1) is 8.69. The number of ether oxygens (including phenoxy) is 1. The molecule has 0 aliphatic heterocycles. The second-order valence-corrected chi connectivity index (χ2v) is 4.36. The number of nitrogens with one attached hydrogen (secondary N) is 1. The van der Waals surface area contributed by atoms with E-state index in [1.807, 2.05) is 12.1 Å². The summed E-state index contributed by atoms with van der Waals surface area (Å²) in [6.07, 6.45) is 5.68. The largest absolute Gasteiger partial charge is 0.388 e. The molecule has 0 saturated heterocycles. The number of nitrogens with zero attached hydrogens (tertiary/aromatic N) is 1. The first-order valence-corrected chi connectivity index (χ1v) is 6.26. The lowest BCUT2D eigenvalue weighted by atomic mass is 9.94. The summed E-state index contributed by atoms with van der Waals surface area (Å²) in [5.74, 6) is -0.149. The number of methoxy groups -OCH3 is 1. The van der Waals surface area contributed by atoms with Crippen LogP contribution in [0.15, 0.2) is 22.9 Å². The lowest BCUT2D eigenvalue weighted by Gasteiger charge is -2.17. The van der Waals surface area contributed by atoms with E-state index in [9.17, 15) is 4.79 Å². The molecule has 1 rings (SSSR count). The Morgan fingerprint density at radius 1 is 1.56 bits per heavy atom. The molecule has 4 nitrogen and oxygen atoms in total. The molecule has 0 amide bonds. The van der Waals surface area contributed by atoms with Crippen LogP contribution in [0.5, 0.6) is 0 Å². The number of rotatable bonds is 6. The predicted molar refractivity (Wildman–Crippen MR) is 69.7 cm³/mol. The van der Waals surface area contributed by atoms with Crippen LogP contribution in [0.1, 0.15) is 32.6 Å². The predicted octanol–water partition coefficient (Wildman–Crippen LogP) is 2.09. The highest BCUT2D eigenvalue weighted by molar-refractivity contribution is 5.98. The van der Waals surface area contributed by atoms with Crippen LogP contribution in [-0.4, -0.2) is 26.0 Å². The molecular weight excluding hydrogens is 228 g/mol. The molecule has 0 heterocycles. The third kappa shape index (κ3) is 4.34. The van der Waals surface area contributed by atoms with E-state index in [0.717, 1.165) is 50.1 Å². The molecule has 0 unspecified atom stereocenters. The summed E-state index contributed by atoms with van der Waals surface area (Å²) < 4.78 is 4.98. The van der Waals surface area contributed by atoms with Gasteiger partial charge in [-0.25, -0.2) is 0 Å². The molecule has 0 spiro atoms. The molecule has 0 radical (unpaired) electrons. The van der Waals surface area contributed by atoms with Crippen LogP contribution in [-0.2, 0) is 9.53 Å². The van der Waals surface area contributed by atoms with Crippen molar-refractivity contribution in [2.75, 3.05) is 20.3 Å². The highest BCUT2D eigenvalue weighted by Gasteiger charge is 2.14. The van der Waals surface area contributed by atoms with Gasteiger partial charge in [0.1, 0.15) is 6.07 Å². The van der Waals surface area contributed by atoms with Crippen LogP contribution in [0.25, 0.3) is 0 Å². The van der Waals surface area contributed by atoms with E-state index in [2.05, 4.69) is 5.32 Å². The van der Waals surface area contributed by atoms with Gasteiger partial charge < -0.3 is 10.1 Å². The van der Waals surface area contributed by atoms with Gasteiger partial charge in [0.15, 0.2) is 5.78 Å². The van der Waals surface area contributed by atoms with Gasteiger partial charge in [-0.3, -0.25) is 4.79 Å². The Bertz CT molecular complexity index is 403. The van der Waals surface area contributed by atoms with Crippen molar-refractivity contribution in [3.05, 3.63) is 22.9 Å². The topological polar surface area (TPSA) is 62.1 Å². The molecule has 4 heteroatoms. The molecular formula is C14H20N2O2. The highest BCUT2D eigenvalue weighted by Crippen LogP contribution is 2.23. The summed E-state index contributed by atoms with van der Waals surface area (Å²) in [6.45, 7) is 3.04. The number of hydrogen-bond acceptors (Lipinski definition) is 4. The minimum atomic E-state index is -0.149. The van der Waals surface area contributed by atoms with E-state index in [1.165, 1.54) is 6.92 Å². The van der Waals surface area contributed by atoms with Crippen LogP contribution < -0.4 is 5.32 Å². The fourth-order valence-electron chi connectivity index (χ4n) is 2.00. The third-order valence-electron chi connectivity index (χ3n) is 2.90. The minimum Gasteiger partial charge on any atom is -0.388 e. The second kappa shape index (κ2) is 7.67. The maximum atomic E-state index is 11.3. The van der Waals surface area contributed by atoms with Crippen LogP contribution >= 0.6 is 0 Å². The summed E-state index contributed by atoms with van der Waals surface area (Å²) in [5, 5.41) is 12.3. The van der Waals surface area contributed by atoms with Crippen LogP contribution in [0.2, 0.25) is 0 Å². The number of ketones is 1. The fraction of sp³-hybridized carbons (Fsp3) is 0.571. The van der Waals surface area contributed by atoms with Crippen molar-refractivity contribution < 1.29 is 9.53 Å². The molecule has 1 N–H and O–H groups in total. The van der Waals surface area contributed by atoms with Crippen molar-refractivity contribution in [3.63, 3.8) is 0 Å². The van der Waals surface area contributed by atoms with Crippen LogP contribution in [0.4, 0.5) is 0 Å². The van der Waals surface area contributed by atoms with Crippen molar-refractivity contribution in [1.82, 2.24) is 5.32 Å². The molecule has 1 aliphatic rings. The molecule has 0 aromatic rings. The van der Waals surface area contributed by atoms with Gasteiger partial charge in [-0.05, 0) is 44.3 Å². The molecule has 0 aromatic carbocycles. The highest BCUT2D eigenvalue weighted by atomic mass is 16.5. The molecule has 98 valence electrons. The summed E-state index contributed by atoms with van der Waals surface area (Å²) in [7, 11) is 1.69. The van der Waals surface area contributed by atoms with E-state index in [-0.39, 0.29) is 5.78 Å². The van der Waals surface area contributed by atoms with E-state index in [1.54, 1.807) is 7.11 Å². The summed E-state index contributed by atoms with van der Waals surface area (Å²) in [6, 6.07) is 2.01. The zero-order valence-electron chi connectivity index (χ0n) is 11.1. The number of carbonyl (C=O) groups is 1. The summed E-state index contributed by atoms with van der Waals surface area (Å²) >= 11 is 0. The van der Waals surface area contributed by atoms with Crippen LogP contribution in [0.3, 0.4) is 0 Å². The average Bonchev–Trinajstić information content (AvgIpc) is 2.36. The standard InChI is InChI=1S/C14H20N2O2/c1-11(17)14(10-15)12-5-3-6-13(9-12)16-7-4-8-18-2/h9,16H,3-8H2,1-2H3/b14-12+. The summed E-state index contributed by atoms with van der Waals surface area (Å²) in [4.78, 5) is 11.3. The quantitative estimate of drug-likeness (QED) is 0.444. The van der Waals surface area contributed by atoms with Crippen LogP contribution in [0, 0.1) is 11.3 Å². The van der Waals surface area contributed by atoms with Gasteiger partial charge in [-0.1, -0.05) is 0 Å². The van der Waals surface area contributed by atoms with E-state index in [4.69, 9.17) is 10.00 Å². The second-order valence-electron chi connectivity index (χ2n) is 4.36. The molecule has 0 aromatic heterocycles. The normalized spacial score (nSPS) is 17.7. The first kappa shape index (κ1) is 14.5. The Kier molecular flexibility index (Phi) is 6.16. The molecule has 0 atom stereocenters. The fourth-order valence-corrected chi connectivity index (χ4v) is 2.00. The Labute approximate surface area is 108 Å². The van der Waals surface area contributed by atoms with Gasteiger partial charge in [-0.2, -0.15) is 5.26 Å². The zero-order valence-corrected chi connectivity index (χ0v) is 11.1. The van der Waals surface area contributed by atoms with E-state index < -0.39 is 0 Å². The SMILES string of the molecule is COCCCNC1=C/C(=C(\C#N)C(C)=O)CCC1. The third-order valence-corrected chi connectivity index (χ3v) is 2.90. The Hall–Kier alpha value is -1.60. The van der Waals surface area contributed by atoms with Crippen molar-refractivity contribution in [1.29, 1.82) is 5.26 Å². The van der Waals surface area contributed by atoms with E-state index >= 15 is 0 Å². The smallest absolute Gasteiger partial charge is 0.170 e. The van der Waals surface area contributed by atoms with Crippen molar-refractivity contribution in [3.8, 4) is 6.07 Å². The molecule has 1 aliphatic carbocycles.